The maximum atomic E-state index is 6.29. The highest BCUT2D eigenvalue weighted by atomic mass is 35.5. The molecule has 0 saturated carbocycles. The SMILES string of the molecule is CCCCCCCCCCC(NC)c1c(Cl)cccc1Cl. The van der Waals surface area contributed by atoms with Crippen molar-refractivity contribution in [1.82, 2.24) is 5.32 Å². The van der Waals surface area contributed by atoms with Gasteiger partial charge in [0.25, 0.3) is 0 Å². The lowest BCUT2D eigenvalue weighted by atomic mass is 9.99. The molecule has 0 aliphatic rings. The van der Waals surface area contributed by atoms with Gasteiger partial charge in [-0.1, -0.05) is 87.6 Å². The van der Waals surface area contributed by atoms with Crippen molar-refractivity contribution in [2.45, 2.75) is 70.8 Å². The zero-order valence-corrected chi connectivity index (χ0v) is 14.9. The molecule has 0 spiro atoms. The van der Waals surface area contributed by atoms with E-state index < -0.39 is 0 Å². The van der Waals surface area contributed by atoms with Crippen LogP contribution in [0.15, 0.2) is 18.2 Å². The Labute approximate surface area is 140 Å². The van der Waals surface area contributed by atoms with Gasteiger partial charge in [-0.3, -0.25) is 0 Å². The molecule has 1 aromatic carbocycles. The minimum Gasteiger partial charge on any atom is -0.313 e. The molecule has 120 valence electrons. The highest BCUT2D eigenvalue weighted by Gasteiger charge is 2.15. The Kier molecular flexibility index (Phi) is 10.2. The van der Waals surface area contributed by atoms with E-state index in [1.807, 2.05) is 25.2 Å². The van der Waals surface area contributed by atoms with E-state index in [0.29, 0.717) is 0 Å². The molecule has 1 N–H and O–H groups in total. The van der Waals surface area contributed by atoms with Gasteiger partial charge in [0.05, 0.1) is 0 Å². The minimum absolute atomic E-state index is 0.256. The maximum Gasteiger partial charge on any atom is 0.0468 e. The van der Waals surface area contributed by atoms with Crippen LogP contribution in [0.25, 0.3) is 0 Å². The predicted molar refractivity (Wildman–Crippen MR) is 95.5 cm³/mol. The molecule has 1 aromatic rings. The Bertz CT molecular complexity index is 373. The first-order valence-electron chi connectivity index (χ1n) is 8.31. The van der Waals surface area contributed by atoms with Gasteiger partial charge in [0.1, 0.15) is 0 Å². The smallest absolute Gasteiger partial charge is 0.0468 e. The van der Waals surface area contributed by atoms with E-state index in [4.69, 9.17) is 23.2 Å². The molecule has 1 atom stereocenters. The number of halogens is 2. The fraction of sp³-hybridized carbons (Fsp3) is 0.667. The van der Waals surface area contributed by atoms with Crippen molar-refractivity contribution in [3.05, 3.63) is 33.8 Å². The summed E-state index contributed by atoms with van der Waals surface area (Å²) in [5.41, 5.74) is 1.05. The summed E-state index contributed by atoms with van der Waals surface area (Å²) in [4.78, 5) is 0. The summed E-state index contributed by atoms with van der Waals surface area (Å²) in [5.74, 6) is 0. The summed E-state index contributed by atoms with van der Waals surface area (Å²) < 4.78 is 0. The fourth-order valence-corrected chi connectivity index (χ4v) is 3.42. The van der Waals surface area contributed by atoms with Gasteiger partial charge in [0.15, 0.2) is 0 Å². The topological polar surface area (TPSA) is 12.0 Å². The number of hydrogen-bond donors (Lipinski definition) is 1. The Morgan fingerprint density at radius 2 is 1.43 bits per heavy atom. The quantitative estimate of drug-likeness (QED) is 0.441. The van der Waals surface area contributed by atoms with Crippen molar-refractivity contribution < 1.29 is 0 Å². The van der Waals surface area contributed by atoms with Crippen LogP contribution in [0.4, 0.5) is 0 Å². The van der Waals surface area contributed by atoms with Crippen LogP contribution in [0.1, 0.15) is 76.3 Å². The van der Waals surface area contributed by atoms with Gasteiger partial charge in [-0.05, 0) is 25.6 Å². The van der Waals surface area contributed by atoms with Gasteiger partial charge in [-0.15, -0.1) is 0 Å². The molecule has 3 heteroatoms. The first-order valence-corrected chi connectivity index (χ1v) is 9.07. The lowest BCUT2D eigenvalue weighted by molar-refractivity contribution is 0.494. The molecule has 0 radical (unpaired) electrons. The number of benzene rings is 1. The summed E-state index contributed by atoms with van der Waals surface area (Å²) in [7, 11) is 1.98. The number of unbranched alkanes of at least 4 members (excludes halogenated alkanes) is 7. The molecule has 1 rings (SSSR count). The Hall–Kier alpha value is -0.240. The van der Waals surface area contributed by atoms with Gasteiger partial charge in [-0.2, -0.15) is 0 Å². The van der Waals surface area contributed by atoms with Crippen LogP contribution in [0.2, 0.25) is 10.0 Å². The van der Waals surface area contributed by atoms with E-state index >= 15 is 0 Å². The fourth-order valence-electron chi connectivity index (χ4n) is 2.76. The summed E-state index contributed by atoms with van der Waals surface area (Å²) in [6.45, 7) is 2.26. The molecule has 0 bridgehead atoms. The Morgan fingerprint density at radius 1 is 0.905 bits per heavy atom. The first-order chi connectivity index (χ1) is 10.2. The van der Waals surface area contributed by atoms with Crippen molar-refractivity contribution in [1.29, 1.82) is 0 Å². The summed E-state index contributed by atoms with van der Waals surface area (Å²) >= 11 is 12.6. The van der Waals surface area contributed by atoms with E-state index in [-0.39, 0.29) is 6.04 Å². The predicted octanol–water partition coefficient (Wildman–Crippen LogP) is 6.78. The lowest BCUT2D eigenvalue weighted by Gasteiger charge is -2.19. The number of rotatable bonds is 11. The molecule has 0 aliphatic heterocycles. The third-order valence-electron chi connectivity index (χ3n) is 4.04. The Morgan fingerprint density at radius 3 is 1.95 bits per heavy atom. The molecule has 0 saturated heterocycles. The molecule has 21 heavy (non-hydrogen) atoms. The zero-order valence-electron chi connectivity index (χ0n) is 13.4. The lowest BCUT2D eigenvalue weighted by Crippen LogP contribution is -2.17. The summed E-state index contributed by atoms with van der Waals surface area (Å²) in [6, 6.07) is 5.99. The van der Waals surface area contributed by atoms with E-state index in [9.17, 15) is 0 Å². The van der Waals surface area contributed by atoms with Crippen molar-refractivity contribution >= 4 is 23.2 Å². The summed E-state index contributed by atoms with van der Waals surface area (Å²) in [5, 5.41) is 4.88. The minimum atomic E-state index is 0.256. The standard InChI is InChI=1S/C18H29Cl2N/c1-3-4-5-6-7-8-9-10-14-17(21-2)18-15(19)12-11-13-16(18)20/h11-13,17,21H,3-10,14H2,1-2H3. The van der Waals surface area contributed by atoms with Gasteiger partial charge in [0, 0.05) is 21.7 Å². The van der Waals surface area contributed by atoms with Gasteiger partial charge in [-0.25, -0.2) is 0 Å². The zero-order chi connectivity index (χ0) is 15.5. The number of nitrogens with one attached hydrogen (secondary N) is 1. The van der Waals surface area contributed by atoms with Gasteiger partial charge in [0.2, 0.25) is 0 Å². The molecule has 0 heterocycles. The van der Waals surface area contributed by atoms with Crippen LogP contribution in [-0.2, 0) is 0 Å². The van der Waals surface area contributed by atoms with E-state index in [2.05, 4.69) is 12.2 Å². The molecule has 0 aliphatic carbocycles. The highest BCUT2D eigenvalue weighted by molar-refractivity contribution is 6.36. The molecule has 0 aromatic heterocycles. The molecule has 0 fully saturated rings. The van der Waals surface area contributed by atoms with Crippen LogP contribution in [0.3, 0.4) is 0 Å². The Balaban J connectivity index is 2.29. The van der Waals surface area contributed by atoms with E-state index in [0.717, 1.165) is 22.0 Å². The van der Waals surface area contributed by atoms with E-state index in [1.54, 1.807) is 0 Å². The summed E-state index contributed by atoms with van der Waals surface area (Å²) in [6.07, 6.45) is 11.8. The van der Waals surface area contributed by atoms with Crippen LogP contribution >= 0.6 is 23.2 Å². The third kappa shape index (κ3) is 7.04. The van der Waals surface area contributed by atoms with Crippen molar-refractivity contribution in [2.24, 2.45) is 0 Å². The largest absolute Gasteiger partial charge is 0.313 e. The monoisotopic (exact) mass is 329 g/mol. The first kappa shape index (κ1) is 18.8. The molecule has 1 nitrogen and oxygen atoms in total. The second kappa shape index (κ2) is 11.3. The molecule has 1 unspecified atom stereocenters. The van der Waals surface area contributed by atoms with Crippen molar-refractivity contribution in [3.8, 4) is 0 Å². The third-order valence-corrected chi connectivity index (χ3v) is 4.70. The van der Waals surface area contributed by atoms with Crippen molar-refractivity contribution in [2.75, 3.05) is 7.05 Å². The average Bonchev–Trinajstić information content (AvgIpc) is 2.47. The highest BCUT2D eigenvalue weighted by Crippen LogP contribution is 2.32. The van der Waals surface area contributed by atoms with Gasteiger partial charge >= 0.3 is 0 Å². The second-order valence-corrected chi connectivity index (χ2v) is 6.55. The van der Waals surface area contributed by atoms with Crippen LogP contribution in [0, 0.1) is 0 Å². The second-order valence-electron chi connectivity index (χ2n) is 5.74. The van der Waals surface area contributed by atoms with Crippen LogP contribution in [-0.4, -0.2) is 7.05 Å². The maximum absolute atomic E-state index is 6.29. The van der Waals surface area contributed by atoms with Gasteiger partial charge < -0.3 is 5.32 Å². The average molecular weight is 330 g/mol. The van der Waals surface area contributed by atoms with Crippen molar-refractivity contribution in [3.63, 3.8) is 0 Å². The van der Waals surface area contributed by atoms with E-state index in [1.165, 1.54) is 51.4 Å². The normalized spacial score (nSPS) is 12.6. The number of hydrogen-bond acceptors (Lipinski definition) is 1. The van der Waals surface area contributed by atoms with Crippen LogP contribution < -0.4 is 5.32 Å². The molecular formula is C18H29Cl2N. The molecular weight excluding hydrogens is 301 g/mol. The molecule has 0 amide bonds. The van der Waals surface area contributed by atoms with Crippen LogP contribution in [0.5, 0.6) is 0 Å².